The number of aryl methyl sites for hydroxylation is 2. The maximum atomic E-state index is 14.3. The first-order valence-electron chi connectivity index (χ1n) is 16.2. The number of nitrogens with one attached hydrogen (secondary N) is 2. The number of piperazine rings is 1. The number of aromatic nitrogens is 3. The molecule has 5 aromatic rings. The lowest BCUT2D eigenvalue weighted by Crippen LogP contribution is -2.47. The Kier molecular flexibility index (Phi) is 10.8. The van der Waals surface area contributed by atoms with Crippen molar-refractivity contribution in [2.45, 2.75) is 18.7 Å². The molecule has 0 radical (unpaired) electrons. The van der Waals surface area contributed by atoms with Crippen molar-refractivity contribution >= 4 is 54.2 Å². The van der Waals surface area contributed by atoms with Crippen molar-refractivity contribution in [3.05, 3.63) is 89.1 Å². The molecule has 52 heavy (non-hydrogen) atoms. The minimum Gasteiger partial charge on any atom is -0.494 e. The van der Waals surface area contributed by atoms with E-state index in [0.29, 0.717) is 45.8 Å². The van der Waals surface area contributed by atoms with Gasteiger partial charge in [0, 0.05) is 68.2 Å². The van der Waals surface area contributed by atoms with Crippen LogP contribution in [0.3, 0.4) is 0 Å². The zero-order valence-corrected chi connectivity index (χ0v) is 31.3. The summed E-state index contributed by atoms with van der Waals surface area (Å²) in [5.41, 5.74) is 4.47. The van der Waals surface area contributed by atoms with Crippen LogP contribution in [0.4, 0.5) is 31.8 Å². The lowest BCUT2D eigenvalue weighted by atomic mass is 10.1. The standard InChI is InChI=1S/C35H37F2N7O5S3/c1-22-19-29(31(49-3)21-30(22)44-15-13-43(14-16-44)17-18-51(4,45)46)41-35-38-12-11-28(40-35)33-32(39-23(2)50-33)24-7-5-8-25(20-24)42-52(47,48)34-26(36)9-6-10-27(34)37/h5-12,19-21,42H,13-18H2,1-4H3,(H,38,40,41). The number of methoxy groups -OCH3 is 1. The monoisotopic (exact) mass is 769 g/mol. The predicted octanol–water partition coefficient (Wildman–Crippen LogP) is 5.88. The molecule has 0 bridgehead atoms. The number of nitrogens with zero attached hydrogens (tertiary/aromatic N) is 5. The summed E-state index contributed by atoms with van der Waals surface area (Å²) in [6.07, 6.45) is 2.88. The SMILES string of the molecule is COc1cc(N2CCN(CCS(C)(=O)=O)CC2)c(C)cc1Nc1nccc(-c2sc(C)nc2-c2cccc(NS(=O)(=O)c3c(F)cccc3F)c2)n1. The molecule has 6 rings (SSSR count). The number of sulfonamides is 1. The Morgan fingerprint density at radius 3 is 2.33 bits per heavy atom. The topological polar surface area (TPSA) is 147 Å². The van der Waals surface area contributed by atoms with E-state index < -0.39 is 36.4 Å². The van der Waals surface area contributed by atoms with E-state index in [9.17, 15) is 25.6 Å². The van der Waals surface area contributed by atoms with E-state index in [1.54, 1.807) is 37.6 Å². The second-order valence-electron chi connectivity index (χ2n) is 12.3. The zero-order valence-electron chi connectivity index (χ0n) is 28.9. The summed E-state index contributed by atoms with van der Waals surface area (Å²) in [4.78, 5) is 18.0. The molecule has 3 aromatic carbocycles. The molecule has 0 aliphatic carbocycles. The Morgan fingerprint density at radius 2 is 1.63 bits per heavy atom. The van der Waals surface area contributed by atoms with Gasteiger partial charge in [-0.15, -0.1) is 11.3 Å². The number of halogens is 2. The van der Waals surface area contributed by atoms with Crippen molar-refractivity contribution in [3.63, 3.8) is 0 Å². The van der Waals surface area contributed by atoms with Crippen molar-refractivity contribution in [2.75, 3.05) is 66.8 Å². The van der Waals surface area contributed by atoms with Crippen LogP contribution < -0.4 is 19.7 Å². The first-order valence-corrected chi connectivity index (χ1v) is 20.6. The Labute approximate surface area is 305 Å². The fourth-order valence-electron chi connectivity index (χ4n) is 5.93. The average Bonchev–Trinajstić information content (AvgIpc) is 3.49. The normalized spacial score (nSPS) is 14.0. The molecule has 12 nitrogen and oxygen atoms in total. The lowest BCUT2D eigenvalue weighted by molar-refractivity contribution is 0.272. The van der Waals surface area contributed by atoms with Crippen LogP contribution in [0.1, 0.15) is 10.6 Å². The van der Waals surface area contributed by atoms with Crippen molar-refractivity contribution in [1.82, 2.24) is 19.9 Å². The maximum absolute atomic E-state index is 14.3. The summed E-state index contributed by atoms with van der Waals surface area (Å²) in [5, 5.41) is 4.02. The smallest absolute Gasteiger partial charge is 0.267 e. The third kappa shape index (κ3) is 8.49. The van der Waals surface area contributed by atoms with Gasteiger partial charge in [-0.1, -0.05) is 18.2 Å². The van der Waals surface area contributed by atoms with E-state index in [-0.39, 0.29) is 11.4 Å². The third-order valence-electron chi connectivity index (χ3n) is 8.45. The highest BCUT2D eigenvalue weighted by atomic mass is 32.2. The molecule has 0 amide bonds. The molecular weight excluding hydrogens is 733 g/mol. The number of rotatable bonds is 12. The molecule has 17 heteroatoms. The summed E-state index contributed by atoms with van der Waals surface area (Å²) in [7, 11) is -6.00. The molecule has 0 saturated carbocycles. The minimum absolute atomic E-state index is 0.0986. The molecule has 0 spiro atoms. The molecule has 0 unspecified atom stereocenters. The number of hydrogen-bond donors (Lipinski definition) is 2. The molecule has 0 atom stereocenters. The molecule has 2 aromatic heterocycles. The minimum atomic E-state index is -4.57. The van der Waals surface area contributed by atoms with Gasteiger partial charge >= 0.3 is 0 Å². The number of anilines is 4. The summed E-state index contributed by atoms with van der Waals surface area (Å²) in [5.74, 6) is -1.34. The fraction of sp³-hybridized carbons (Fsp3) is 0.286. The summed E-state index contributed by atoms with van der Waals surface area (Å²) < 4.78 is 85.8. The number of thiazole rings is 1. The highest BCUT2D eigenvalue weighted by molar-refractivity contribution is 7.92. The van der Waals surface area contributed by atoms with Crippen LogP contribution in [0.5, 0.6) is 5.75 Å². The zero-order chi connectivity index (χ0) is 37.2. The summed E-state index contributed by atoms with van der Waals surface area (Å²) in [6.45, 7) is 7.39. The van der Waals surface area contributed by atoms with Crippen molar-refractivity contribution in [2.24, 2.45) is 0 Å². The Morgan fingerprint density at radius 1 is 0.923 bits per heavy atom. The van der Waals surface area contributed by atoms with Gasteiger partial charge in [-0.2, -0.15) is 0 Å². The summed E-state index contributed by atoms with van der Waals surface area (Å²) >= 11 is 1.40. The molecule has 3 heterocycles. The number of benzene rings is 3. The molecule has 274 valence electrons. The van der Waals surface area contributed by atoms with Gasteiger partial charge in [0.1, 0.15) is 27.2 Å². The van der Waals surface area contributed by atoms with Gasteiger partial charge in [0.05, 0.1) is 39.8 Å². The molecule has 1 aliphatic rings. The Bertz CT molecular complexity index is 2310. The molecule has 1 fully saturated rings. The van der Waals surface area contributed by atoms with Crippen molar-refractivity contribution < 1.29 is 30.4 Å². The van der Waals surface area contributed by atoms with E-state index in [0.717, 1.165) is 60.6 Å². The van der Waals surface area contributed by atoms with Gasteiger partial charge in [-0.05, 0) is 55.8 Å². The second kappa shape index (κ2) is 15.1. The van der Waals surface area contributed by atoms with Crippen molar-refractivity contribution in [3.8, 4) is 27.6 Å². The predicted molar refractivity (Wildman–Crippen MR) is 200 cm³/mol. The van der Waals surface area contributed by atoms with Gasteiger partial charge in [0.2, 0.25) is 5.95 Å². The van der Waals surface area contributed by atoms with Gasteiger partial charge in [-0.3, -0.25) is 9.62 Å². The number of sulfone groups is 1. The van der Waals surface area contributed by atoms with Crippen LogP contribution in [0.25, 0.3) is 21.8 Å². The molecule has 1 aliphatic heterocycles. The van der Waals surface area contributed by atoms with E-state index in [1.807, 2.05) is 26.0 Å². The Hall–Kier alpha value is -4.71. The van der Waals surface area contributed by atoms with Crippen LogP contribution in [0.15, 0.2) is 71.8 Å². The van der Waals surface area contributed by atoms with Crippen LogP contribution in [0, 0.1) is 25.5 Å². The van der Waals surface area contributed by atoms with E-state index in [2.05, 4.69) is 24.8 Å². The van der Waals surface area contributed by atoms with Crippen LogP contribution in [-0.4, -0.2) is 88.5 Å². The summed E-state index contributed by atoms with van der Waals surface area (Å²) in [6, 6.07) is 14.9. The van der Waals surface area contributed by atoms with Crippen LogP contribution >= 0.6 is 11.3 Å². The lowest BCUT2D eigenvalue weighted by Gasteiger charge is -2.37. The highest BCUT2D eigenvalue weighted by Gasteiger charge is 2.25. The van der Waals surface area contributed by atoms with Crippen LogP contribution in [0.2, 0.25) is 0 Å². The Balaban J connectivity index is 1.22. The van der Waals surface area contributed by atoms with E-state index in [1.165, 1.54) is 23.7 Å². The van der Waals surface area contributed by atoms with E-state index >= 15 is 0 Å². The first kappa shape index (κ1) is 37.1. The molecule has 2 N–H and O–H groups in total. The van der Waals surface area contributed by atoms with E-state index in [4.69, 9.17) is 14.7 Å². The highest BCUT2D eigenvalue weighted by Crippen LogP contribution is 2.39. The number of ether oxygens (including phenoxy) is 1. The van der Waals surface area contributed by atoms with Crippen molar-refractivity contribution in [1.29, 1.82) is 0 Å². The second-order valence-corrected chi connectivity index (χ2v) is 17.4. The van der Waals surface area contributed by atoms with Gasteiger partial charge in [0.15, 0.2) is 4.90 Å². The first-order chi connectivity index (χ1) is 24.7. The molecule has 1 saturated heterocycles. The maximum Gasteiger partial charge on any atom is 0.267 e. The van der Waals surface area contributed by atoms with Crippen LogP contribution in [-0.2, 0) is 19.9 Å². The average molecular weight is 770 g/mol. The van der Waals surface area contributed by atoms with Gasteiger partial charge < -0.3 is 15.0 Å². The fourth-order valence-corrected chi connectivity index (χ4v) is 8.62. The molecular formula is C35H37F2N7O5S3. The quantitative estimate of drug-likeness (QED) is 0.157. The largest absolute Gasteiger partial charge is 0.494 e. The third-order valence-corrected chi connectivity index (χ3v) is 11.8. The number of hydrogen-bond acceptors (Lipinski definition) is 12. The van der Waals surface area contributed by atoms with Gasteiger partial charge in [0.25, 0.3) is 10.0 Å². The van der Waals surface area contributed by atoms with Gasteiger partial charge in [-0.25, -0.2) is 40.6 Å².